The summed E-state index contributed by atoms with van der Waals surface area (Å²) in [6.45, 7) is 0. The third-order valence-corrected chi connectivity index (χ3v) is 4.59. The van der Waals surface area contributed by atoms with Crippen molar-refractivity contribution in [3.63, 3.8) is 0 Å². The Morgan fingerprint density at radius 1 is 1.16 bits per heavy atom. The minimum Gasteiger partial charge on any atom is -0.320 e. The molecular formula is C14H12BrN3S. The van der Waals surface area contributed by atoms with Gasteiger partial charge in [-0.25, -0.2) is 4.68 Å². The molecule has 2 aromatic heterocycles. The Labute approximate surface area is 123 Å². The maximum absolute atomic E-state index is 6.26. The number of thiophene rings is 1. The topological polar surface area (TPSA) is 43.8 Å². The first-order valence-corrected chi connectivity index (χ1v) is 7.46. The molecule has 0 aliphatic heterocycles. The first kappa shape index (κ1) is 12.6. The van der Waals surface area contributed by atoms with Crippen molar-refractivity contribution in [1.29, 1.82) is 0 Å². The van der Waals surface area contributed by atoms with Gasteiger partial charge in [0.2, 0.25) is 0 Å². The molecule has 3 nitrogen and oxygen atoms in total. The third-order valence-electron chi connectivity index (χ3n) is 2.88. The molecule has 0 saturated heterocycles. The van der Waals surface area contributed by atoms with Crippen molar-refractivity contribution in [2.75, 3.05) is 0 Å². The van der Waals surface area contributed by atoms with E-state index in [0.29, 0.717) is 0 Å². The van der Waals surface area contributed by atoms with Crippen molar-refractivity contribution in [3.8, 4) is 5.69 Å². The van der Waals surface area contributed by atoms with Crippen LogP contribution in [-0.4, -0.2) is 9.78 Å². The maximum Gasteiger partial charge on any atom is 0.0702 e. The Kier molecular flexibility index (Phi) is 3.50. The fourth-order valence-corrected chi connectivity index (χ4v) is 3.33. The highest BCUT2D eigenvalue weighted by Gasteiger charge is 2.13. The summed E-state index contributed by atoms with van der Waals surface area (Å²) in [5.74, 6) is 0. The summed E-state index contributed by atoms with van der Waals surface area (Å²) < 4.78 is 2.94. The molecule has 2 N–H and O–H groups in total. The number of nitrogens with two attached hydrogens (primary N) is 1. The molecule has 0 amide bonds. The Balaban J connectivity index is 1.89. The van der Waals surface area contributed by atoms with Crippen molar-refractivity contribution in [2.24, 2.45) is 5.73 Å². The second-order valence-electron chi connectivity index (χ2n) is 4.17. The molecule has 19 heavy (non-hydrogen) atoms. The summed E-state index contributed by atoms with van der Waals surface area (Å²) in [5.41, 5.74) is 8.30. The summed E-state index contributed by atoms with van der Waals surface area (Å²) >= 11 is 5.11. The van der Waals surface area contributed by atoms with Crippen molar-refractivity contribution in [1.82, 2.24) is 9.78 Å². The summed E-state index contributed by atoms with van der Waals surface area (Å²) in [4.78, 5) is 1.12. The lowest BCUT2D eigenvalue weighted by molar-refractivity contribution is 0.871. The summed E-state index contributed by atoms with van der Waals surface area (Å²) in [5, 5.41) is 4.37. The minimum absolute atomic E-state index is 0.131. The number of halogens is 1. The molecule has 1 aromatic carbocycles. The molecule has 3 rings (SSSR count). The van der Waals surface area contributed by atoms with Crippen LogP contribution in [0.4, 0.5) is 0 Å². The lowest BCUT2D eigenvalue weighted by Gasteiger charge is -2.06. The largest absolute Gasteiger partial charge is 0.320 e. The molecule has 0 spiro atoms. The van der Waals surface area contributed by atoms with E-state index in [-0.39, 0.29) is 6.04 Å². The molecule has 0 aliphatic rings. The summed E-state index contributed by atoms with van der Waals surface area (Å²) in [7, 11) is 0. The smallest absolute Gasteiger partial charge is 0.0702 e. The number of benzene rings is 1. The number of rotatable bonds is 3. The highest BCUT2D eigenvalue weighted by Crippen LogP contribution is 2.29. The zero-order chi connectivity index (χ0) is 13.2. The number of hydrogen-bond donors (Lipinski definition) is 1. The number of para-hydroxylation sites is 1. The molecule has 1 unspecified atom stereocenters. The normalized spacial score (nSPS) is 12.5. The van der Waals surface area contributed by atoms with Gasteiger partial charge in [0.25, 0.3) is 0 Å². The summed E-state index contributed by atoms with van der Waals surface area (Å²) in [6.07, 6.45) is 3.80. The average Bonchev–Trinajstić information content (AvgIpc) is 3.08. The molecule has 0 aliphatic carbocycles. The van der Waals surface area contributed by atoms with Gasteiger partial charge >= 0.3 is 0 Å². The van der Waals surface area contributed by atoms with Crippen LogP contribution in [0.1, 0.15) is 16.5 Å². The van der Waals surface area contributed by atoms with Gasteiger partial charge in [-0.15, -0.1) is 11.3 Å². The van der Waals surface area contributed by atoms with Gasteiger partial charge in [-0.2, -0.15) is 5.10 Å². The van der Waals surface area contributed by atoms with E-state index in [4.69, 9.17) is 5.73 Å². The van der Waals surface area contributed by atoms with Gasteiger partial charge < -0.3 is 5.73 Å². The van der Waals surface area contributed by atoms with E-state index in [1.54, 1.807) is 11.3 Å². The van der Waals surface area contributed by atoms with Gasteiger partial charge in [-0.3, -0.25) is 0 Å². The van der Waals surface area contributed by atoms with Crippen molar-refractivity contribution in [3.05, 3.63) is 69.1 Å². The van der Waals surface area contributed by atoms with Crippen molar-refractivity contribution < 1.29 is 0 Å². The number of nitrogens with zero attached hydrogens (tertiary/aromatic N) is 2. The van der Waals surface area contributed by atoms with E-state index in [9.17, 15) is 0 Å². The van der Waals surface area contributed by atoms with Crippen LogP contribution in [0.5, 0.6) is 0 Å². The molecule has 1 atom stereocenters. The molecule has 0 saturated carbocycles. The second-order valence-corrected chi connectivity index (χ2v) is 6.67. The van der Waals surface area contributed by atoms with Crippen LogP contribution in [0.25, 0.3) is 5.69 Å². The van der Waals surface area contributed by atoms with Crippen LogP contribution in [0.15, 0.2) is 58.6 Å². The maximum atomic E-state index is 6.26. The van der Waals surface area contributed by atoms with Gasteiger partial charge in [-0.05, 0) is 40.2 Å². The first-order chi connectivity index (χ1) is 9.24. The van der Waals surface area contributed by atoms with E-state index in [1.165, 1.54) is 0 Å². The highest BCUT2D eigenvalue weighted by molar-refractivity contribution is 9.11. The quantitative estimate of drug-likeness (QED) is 0.793. The number of aromatic nitrogens is 2. The van der Waals surface area contributed by atoms with E-state index in [0.717, 1.165) is 19.9 Å². The highest BCUT2D eigenvalue weighted by atomic mass is 79.9. The van der Waals surface area contributed by atoms with E-state index >= 15 is 0 Å². The van der Waals surface area contributed by atoms with E-state index in [2.05, 4.69) is 21.0 Å². The SMILES string of the molecule is NC(c1cnn(-c2ccccc2)c1)c1ccc(Br)s1. The van der Waals surface area contributed by atoms with Gasteiger partial charge in [0, 0.05) is 16.6 Å². The van der Waals surface area contributed by atoms with Gasteiger partial charge in [0.15, 0.2) is 0 Å². The van der Waals surface area contributed by atoms with Crippen LogP contribution in [-0.2, 0) is 0 Å². The lowest BCUT2D eigenvalue weighted by Crippen LogP contribution is -2.09. The van der Waals surface area contributed by atoms with Crippen LogP contribution < -0.4 is 5.73 Å². The fourth-order valence-electron chi connectivity index (χ4n) is 1.88. The Bertz CT molecular complexity index is 675. The molecule has 0 bridgehead atoms. The summed E-state index contributed by atoms with van der Waals surface area (Å²) in [6, 6.07) is 13.9. The van der Waals surface area contributed by atoms with Gasteiger partial charge in [0.1, 0.15) is 0 Å². The van der Waals surface area contributed by atoms with Gasteiger partial charge in [0.05, 0.1) is 21.7 Å². The molecule has 2 heterocycles. The van der Waals surface area contributed by atoms with Crippen LogP contribution in [0.2, 0.25) is 0 Å². The Hall–Kier alpha value is -1.43. The Morgan fingerprint density at radius 2 is 1.95 bits per heavy atom. The fraction of sp³-hybridized carbons (Fsp3) is 0.0714. The number of hydrogen-bond acceptors (Lipinski definition) is 3. The average molecular weight is 334 g/mol. The van der Waals surface area contributed by atoms with Crippen LogP contribution in [0.3, 0.4) is 0 Å². The zero-order valence-electron chi connectivity index (χ0n) is 10.0. The first-order valence-electron chi connectivity index (χ1n) is 5.85. The second kappa shape index (κ2) is 5.28. The molecule has 5 heteroatoms. The Morgan fingerprint density at radius 3 is 2.63 bits per heavy atom. The van der Waals surface area contributed by atoms with Crippen molar-refractivity contribution >= 4 is 27.3 Å². The molecule has 3 aromatic rings. The standard InChI is InChI=1S/C14H12BrN3S/c15-13-7-6-12(19-13)14(16)10-8-17-18(9-10)11-4-2-1-3-5-11/h1-9,14H,16H2. The predicted octanol–water partition coefficient (Wildman–Crippen LogP) is 3.74. The molecule has 0 radical (unpaired) electrons. The molecule has 0 fully saturated rings. The van der Waals surface area contributed by atoms with E-state index < -0.39 is 0 Å². The van der Waals surface area contributed by atoms with Crippen LogP contribution >= 0.6 is 27.3 Å². The molecule has 96 valence electrons. The third kappa shape index (κ3) is 2.63. The monoisotopic (exact) mass is 333 g/mol. The minimum atomic E-state index is -0.131. The van der Waals surface area contributed by atoms with Crippen molar-refractivity contribution in [2.45, 2.75) is 6.04 Å². The van der Waals surface area contributed by atoms with E-state index in [1.807, 2.05) is 59.5 Å². The molecular weight excluding hydrogens is 322 g/mol. The van der Waals surface area contributed by atoms with Crippen LogP contribution in [0, 0.1) is 0 Å². The predicted molar refractivity (Wildman–Crippen MR) is 81.6 cm³/mol. The zero-order valence-corrected chi connectivity index (χ0v) is 12.4. The lowest BCUT2D eigenvalue weighted by atomic mass is 10.1. The van der Waals surface area contributed by atoms with Gasteiger partial charge in [-0.1, -0.05) is 18.2 Å².